The van der Waals surface area contributed by atoms with Crippen molar-refractivity contribution in [3.05, 3.63) is 24.3 Å². The molecule has 0 radical (unpaired) electrons. The fourth-order valence-corrected chi connectivity index (χ4v) is 1.19. The molecule has 74 valence electrons. The van der Waals surface area contributed by atoms with Crippen molar-refractivity contribution in [3.63, 3.8) is 0 Å². The van der Waals surface area contributed by atoms with Crippen LogP contribution < -0.4 is 16.4 Å². The van der Waals surface area contributed by atoms with Crippen LogP contribution in [0.2, 0.25) is 0 Å². The molecule has 0 aliphatic carbocycles. The van der Waals surface area contributed by atoms with E-state index in [2.05, 4.69) is 0 Å². The molecule has 0 aromatic heterocycles. The summed E-state index contributed by atoms with van der Waals surface area (Å²) in [5.41, 5.74) is 11.2. The van der Waals surface area contributed by atoms with Crippen molar-refractivity contribution in [2.24, 2.45) is 11.5 Å². The van der Waals surface area contributed by atoms with Gasteiger partial charge in [-0.05, 0) is 36.5 Å². The van der Waals surface area contributed by atoms with E-state index >= 15 is 0 Å². The van der Waals surface area contributed by atoms with Crippen LogP contribution >= 0.6 is 12.2 Å². The van der Waals surface area contributed by atoms with Crippen LogP contribution in [0.4, 0.5) is 5.69 Å². The second-order valence-corrected chi connectivity index (χ2v) is 2.99. The van der Waals surface area contributed by atoms with Gasteiger partial charge >= 0.3 is 0 Å². The van der Waals surface area contributed by atoms with E-state index in [0.717, 1.165) is 0 Å². The van der Waals surface area contributed by atoms with E-state index in [9.17, 15) is 0 Å². The summed E-state index contributed by atoms with van der Waals surface area (Å²) in [4.78, 5) is 1.19. The molecule has 0 amide bonds. The van der Waals surface area contributed by atoms with Crippen LogP contribution in [-0.2, 0) is 0 Å². The molecule has 0 saturated carbocycles. The summed E-state index contributed by atoms with van der Waals surface area (Å²) in [6.07, 6.45) is 0. The highest BCUT2D eigenvalue weighted by atomic mass is 32.1. The Hall–Kier alpha value is -1.82. The van der Waals surface area contributed by atoms with Gasteiger partial charge < -0.3 is 16.6 Å². The molecule has 0 fully saturated rings. The number of thiocarbonyl (C=S) groups is 1. The summed E-state index contributed by atoms with van der Waals surface area (Å²) < 4.78 is 0. The standard InChI is InChI=1S/C8H10N4OS/c9-7(10)12(8(11)14)5-1-3-6(13)4-2-5/h1-4,13H,(H3,9,10)(H2,11,14). The minimum atomic E-state index is -0.261. The molecule has 0 spiro atoms. The smallest absolute Gasteiger partial charge is 0.199 e. The first-order valence-corrected chi connectivity index (χ1v) is 4.16. The quantitative estimate of drug-likeness (QED) is 0.304. The molecule has 0 saturated heterocycles. The molecular weight excluding hydrogens is 200 g/mol. The van der Waals surface area contributed by atoms with Gasteiger partial charge in [0.25, 0.3) is 0 Å². The van der Waals surface area contributed by atoms with E-state index in [1.54, 1.807) is 12.1 Å². The maximum Gasteiger partial charge on any atom is 0.199 e. The molecule has 14 heavy (non-hydrogen) atoms. The number of phenols is 1. The van der Waals surface area contributed by atoms with Crippen LogP contribution in [0, 0.1) is 5.41 Å². The van der Waals surface area contributed by atoms with Crippen molar-refractivity contribution in [1.29, 1.82) is 5.41 Å². The number of hydrogen-bond donors (Lipinski definition) is 4. The van der Waals surface area contributed by atoms with Crippen LogP contribution in [0.3, 0.4) is 0 Å². The van der Waals surface area contributed by atoms with Gasteiger partial charge in [-0.3, -0.25) is 10.3 Å². The normalized spacial score (nSPS) is 9.43. The van der Waals surface area contributed by atoms with Gasteiger partial charge in [-0.2, -0.15) is 0 Å². The molecule has 0 heterocycles. The van der Waals surface area contributed by atoms with Crippen molar-refractivity contribution >= 4 is 29.0 Å². The third-order valence-electron chi connectivity index (χ3n) is 1.57. The number of phenolic OH excluding ortho intramolecular Hbond substituents is 1. The third-order valence-corrected chi connectivity index (χ3v) is 1.75. The predicted octanol–water partition coefficient (Wildman–Crippen LogP) is 0.336. The first-order chi connectivity index (χ1) is 6.52. The summed E-state index contributed by atoms with van der Waals surface area (Å²) in [7, 11) is 0. The maximum absolute atomic E-state index is 9.05. The average molecular weight is 210 g/mol. The number of nitrogens with two attached hydrogens (primary N) is 2. The summed E-state index contributed by atoms with van der Waals surface area (Å²) >= 11 is 4.73. The molecule has 1 aromatic rings. The summed E-state index contributed by atoms with van der Waals surface area (Å²) in [6.45, 7) is 0. The molecule has 6 N–H and O–H groups in total. The highest BCUT2D eigenvalue weighted by Crippen LogP contribution is 2.17. The predicted molar refractivity (Wildman–Crippen MR) is 59.3 cm³/mol. The second-order valence-electron chi connectivity index (χ2n) is 2.58. The van der Waals surface area contributed by atoms with E-state index in [-0.39, 0.29) is 16.8 Å². The molecule has 1 rings (SSSR count). The van der Waals surface area contributed by atoms with Crippen molar-refractivity contribution in [1.82, 2.24) is 0 Å². The third kappa shape index (κ3) is 2.11. The molecule has 0 atom stereocenters. The highest BCUT2D eigenvalue weighted by molar-refractivity contribution is 7.80. The number of guanidine groups is 1. The Kier molecular flexibility index (Phi) is 2.88. The Labute approximate surface area is 86.4 Å². The van der Waals surface area contributed by atoms with Gasteiger partial charge in [0.1, 0.15) is 5.75 Å². The molecule has 0 unspecified atom stereocenters. The Bertz CT molecular complexity index is 348. The molecule has 0 bridgehead atoms. The summed E-state index contributed by atoms with van der Waals surface area (Å²) in [5, 5.41) is 16.3. The molecule has 5 nitrogen and oxygen atoms in total. The Morgan fingerprint density at radius 2 is 1.79 bits per heavy atom. The fourth-order valence-electron chi connectivity index (χ4n) is 0.987. The van der Waals surface area contributed by atoms with Crippen LogP contribution in [0.5, 0.6) is 5.75 Å². The number of nitrogens with one attached hydrogen (secondary N) is 1. The zero-order valence-electron chi connectivity index (χ0n) is 7.27. The summed E-state index contributed by atoms with van der Waals surface area (Å²) in [5.74, 6) is -0.136. The zero-order chi connectivity index (χ0) is 10.7. The number of nitrogens with zero attached hydrogens (tertiary/aromatic N) is 1. The Balaban J connectivity index is 3.06. The van der Waals surface area contributed by atoms with Crippen molar-refractivity contribution in [2.45, 2.75) is 0 Å². The SMILES string of the molecule is N=C(N)N(C(N)=S)c1ccc(O)cc1. The lowest BCUT2D eigenvalue weighted by Crippen LogP contribution is -2.44. The van der Waals surface area contributed by atoms with Gasteiger partial charge in [-0.15, -0.1) is 0 Å². The number of anilines is 1. The van der Waals surface area contributed by atoms with E-state index in [4.69, 9.17) is 34.2 Å². The van der Waals surface area contributed by atoms with Gasteiger partial charge in [0.15, 0.2) is 11.1 Å². The molecule has 6 heteroatoms. The van der Waals surface area contributed by atoms with Crippen LogP contribution in [-0.4, -0.2) is 16.2 Å². The average Bonchev–Trinajstić information content (AvgIpc) is 2.07. The minimum Gasteiger partial charge on any atom is -0.508 e. The molecule has 1 aromatic carbocycles. The zero-order valence-corrected chi connectivity index (χ0v) is 8.08. The highest BCUT2D eigenvalue weighted by Gasteiger charge is 2.11. The first-order valence-electron chi connectivity index (χ1n) is 3.75. The van der Waals surface area contributed by atoms with Crippen LogP contribution in [0.15, 0.2) is 24.3 Å². The molecule has 0 aliphatic heterocycles. The van der Waals surface area contributed by atoms with Crippen LogP contribution in [0.1, 0.15) is 0 Å². The van der Waals surface area contributed by atoms with E-state index in [1.165, 1.54) is 17.0 Å². The lowest BCUT2D eigenvalue weighted by Gasteiger charge is -2.20. The number of benzene rings is 1. The minimum absolute atomic E-state index is 0.0109. The lowest BCUT2D eigenvalue weighted by molar-refractivity contribution is 0.475. The van der Waals surface area contributed by atoms with Gasteiger partial charge in [0, 0.05) is 0 Å². The number of aromatic hydroxyl groups is 1. The maximum atomic E-state index is 9.05. The Morgan fingerprint density at radius 1 is 1.29 bits per heavy atom. The van der Waals surface area contributed by atoms with E-state index in [0.29, 0.717) is 5.69 Å². The van der Waals surface area contributed by atoms with Crippen molar-refractivity contribution in [2.75, 3.05) is 4.90 Å². The van der Waals surface area contributed by atoms with E-state index in [1.807, 2.05) is 0 Å². The monoisotopic (exact) mass is 210 g/mol. The summed E-state index contributed by atoms with van der Waals surface area (Å²) in [6, 6.07) is 6.05. The molecular formula is C8H10N4OS. The largest absolute Gasteiger partial charge is 0.508 e. The van der Waals surface area contributed by atoms with Gasteiger partial charge in [-0.25, -0.2) is 0 Å². The Morgan fingerprint density at radius 3 is 2.14 bits per heavy atom. The van der Waals surface area contributed by atoms with Crippen molar-refractivity contribution in [3.8, 4) is 5.75 Å². The van der Waals surface area contributed by atoms with Crippen LogP contribution in [0.25, 0.3) is 0 Å². The number of rotatable bonds is 1. The van der Waals surface area contributed by atoms with Crippen molar-refractivity contribution < 1.29 is 5.11 Å². The van der Waals surface area contributed by atoms with Gasteiger partial charge in [0.05, 0.1) is 5.69 Å². The van der Waals surface area contributed by atoms with E-state index < -0.39 is 0 Å². The van der Waals surface area contributed by atoms with Gasteiger partial charge in [0.2, 0.25) is 0 Å². The first kappa shape index (κ1) is 10.3. The fraction of sp³-hybridized carbons (Fsp3) is 0. The second kappa shape index (κ2) is 3.93. The molecule has 0 aliphatic rings. The van der Waals surface area contributed by atoms with Gasteiger partial charge in [-0.1, -0.05) is 0 Å². The number of hydrogen-bond acceptors (Lipinski definition) is 3. The topological polar surface area (TPSA) is 99.4 Å². The lowest BCUT2D eigenvalue weighted by atomic mass is 10.3.